The van der Waals surface area contributed by atoms with Gasteiger partial charge in [0, 0.05) is 34.6 Å². The number of benzene rings is 2. The minimum absolute atomic E-state index is 0.0232. The largest absolute Gasteiger partial charge is 0.494 e. The molecular formula is C24H30Cl2N2O3. The number of rotatable bonds is 11. The van der Waals surface area contributed by atoms with Crippen molar-refractivity contribution >= 4 is 35.0 Å². The van der Waals surface area contributed by atoms with Gasteiger partial charge in [-0.2, -0.15) is 0 Å². The van der Waals surface area contributed by atoms with E-state index in [0.717, 1.165) is 12.2 Å². The van der Waals surface area contributed by atoms with Crippen LogP contribution in [0.15, 0.2) is 48.5 Å². The quantitative estimate of drug-likeness (QED) is 0.447. The summed E-state index contributed by atoms with van der Waals surface area (Å²) in [5.41, 5.74) is 0.628. The standard InChI is InChI=1S/C24H30Cl2N2O3/c1-4-17(2)27-24(30)18(3)28(16-20-21(25)12-8-13-22(20)26)23(29)14-9-15-31-19-10-6-5-7-11-19/h5-8,10-13,17-18H,4,9,14-16H2,1-3H3,(H,27,30). The molecule has 2 rings (SSSR count). The second-order valence-corrected chi connectivity index (χ2v) is 8.30. The molecule has 2 amide bonds. The van der Waals surface area contributed by atoms with E-state index in [-0.39, 0.29) is 30.8 Å². The summed E-state index contributed by atoms with van der Waals surface area (Å²) in [7, 11) is 0. The number of nitrogens with one attached hydrogen (secondary N) is 1. The fraction of sp³-hybridized carbons (Fsp3) is 0.417. The van der Waals surface area contributed by atoms with Gasteiger partial charge in [0.2, 0.25) is 11.8 Å². The zero-order valence-corrected chi connectivity index (χ0v) is 19.7. The smallest absolute Gasteiger partial charge is 0.242 e. The van der Waals surface area contributed by atoms with Gasteiger partial charge in [0.1, 0.15) is 11.8 Å². The lowest BCUT2D eigenvalue weighted by Crippen LogP contribution is -2.49. The molecule has 5 nitrogen and oxygen atoms in total. The molecule has 0 aliphatic heterocycles. The number of carbonyl (C=O) groups is 2. The molecule has 0 aliphatic carbocycles. The first-order valence-corrected chi connectivity index (χ1v) is 11.3. The van der Waals surface area contributed by atoms with Gasteiger partial charge < -0.3 is 15.0 Å². The number of halogens is 2. The summed E-state index contributed by atoms with van der Waals surface area (Å²) in [6.45, 7) is 6.22. The molecule has 0 fully saturated rings. The van der Waals surface area contributed by atoms with Crippen molar-refractivity contribution in [2.45, 2.75) is 58.7 Å². The lowest BCUT2D eigenvalue weighted by Gasteiger charge is -2.30. The monoisotopic (exact) mass is 464 g/mol. The Hall–Kier alpha value is -2.24. The lowest BCUT2D eigenvalue weighted by atomic mass is 10.1. The average Bonchev–Trinajstić information content (AvgIpc) is 2.76. The Kier molecular flexibility index (Phi) is 10.2. The van der Waals surface area contributed by atoms with E-state index in [1.54, 1.807) is 25.1 Å². The van der Waals surface area contributed by atoms with Crippen molar-refractivity contribution in [1.29, 1.82) is 0 Å². The second kappa shape index (κ2) is 12.6. The summed E-state index contributed by atoms with van der Waals surface area (Å²) < 4.78 is 5.68. The highest BCUT2D eigenvalue weighted by atomic mass is 35.5. The number of nitrogens with zero attached hydrogens (tertiary/aromatic N) is 1. The number of amides is 2. The highest BCUT2D eigenvalue weighted by molar-refractivity contribution is 6.36. The summed E-state index contributed by atoms with van der Waals surface area (Å²) in [6.07, 6.45) is 1.58. The maximum absolute atomic E-state index is 13.1. The molecule has 2 aromatic carbocycles. The zero-order chi connectivity index (χ0) is 22.8. The number of para-hydroxylation sites is 1. The number of ether oxygens (including phenoxy) is 1. The minimum atomic E-state index is -0.663. The van der Waals surface area contributed by atoms with Gasteiger partial charge in [-0.25, -0.2) is 0 Å². The Morgan fingerprint density at radius 2 is 1.68 bits per heavy atom. The van der Waals surface area contributed by atoms with Gasteiger partial charge in [-0.3, -0.25) is 9.59 Å². The van der Waals surface area contributed by atoms with Crippen LogP contribution in [0.25, 0.3) is 0 Å². The molecular weight excluding hydrogens is 435 g/mol. The highest BCUT2D eigenvalue weighted by Gasteiger charge is 2.27. The van der Waals surface area contributed by atoms with Crippen LogP contribution < -0.4 is 10.1 Å². The molecule has 0 radical (unpaired) electrons. The number of hydrogen-bond acceptors (Lipinski definition) is 3. The van der Waals surface area contributed by atoms with Crippen LogP contribution in [0.5, 0.6) is 5.75 Å². The average molecular weight is 465 g/mol. The van der Waals surface area contributed by atoms with Gasteiger partial charge in [0.25, 0.3) is 0 Å². The van der Waals surface area contributed by atoms with Gasteiger partial charge in [-0.15, -0.1) is 0 Å². The van der Waals surface area contributed by atoms with E-state index >= 15 is 0 Å². The molecule has 2 aromatic rings. The number of carbonyl (C=O) groups excluding carboxylic acids is 2. The van der Waals surface area contributed by atoms with E-state index in [1.807, 2.05) is 44.2 Å². The van der Waals surface area contributed by atoms with E-state index in [4.69, 9.17) is 27.9 Å². The predicted octanol–water partition coefficient (Wildman–Crippen LogP) is 5.48. The third-order valence-electron chi connectivity index (χ3n) is 5.11. The predicted molar refractivity (Wildman–Crippen MR) is 126 cm³/mol. The molecule has 2 unspecified atom stereocenters. The summed E-state index contributed by atoms with van der Waals surface area (Å²) in [5, 5.41) is 3.88. The van der Waals surface area contributed by atoms with Gasteiger partial charge >= 0.3 is 0 Å². The Morgan fingerprint density at radius 3 is 2.29 bits per heavy atom. The molecule has 168 valence electrons. The third-order valence-corrected chi connectivity index (χ3v) is 5.81. The Balaban J connectivity index is 2.08. The normalized spacial score (nSPS) is 12.7. The van der Waals surface area contributed by atoms with Crippen LogP contribution in [0, 0.1) is 0 Å². The minimum Gasteiger partial charge on any atom is -0.494 e. The SMILES string of the molecule is CCC(C)NC(=O)C(C)N(Cc1c(Cl)cccc1Cl)C(=O)CCCOc1ccccc1. The van der Waals surface area contributed by atoms with Crippen LogP contribution in [-0.4, -0.2) is 35.4 Å². The van der Waals surface area contributed by atoms with Crippen LogP contribution in [-0.2, 0) is 16.1 Å². The summed E-state index contributed by atoms with van der Waals surface area (Å²) in [4.78, 5) is 27.4. The molecule has 0 aliphatic rings. The molecule has 2 atom stereocenters. The van der Waals surface area contributed by atoms with E-state index in [2.05, 4.69) is 5.32 Å². The fourth-order valence-electron chi connectivity index (χ4n) is 2.98. The van der Waals surface area contributed by atoms with Crippen LogP contribution in [0.3, 0.4) is 0 Å². The summed E-state index contributed by atoms with van der Waals surface area (Å²) in [6, 6.07) is 14.0. The molecule has 7 heteroatoms. The molecule has 1 N–H and O–H groups in total. The lowest BCUT2D eigenvalue weighted by molar-refractivity contribution is -0.141. The molecule has 0 saturated carbocycles. The Labute approximate surface area is 194 Å². The summed E-state index contributed by atoms with van der Waals surface area (Å²) >= 11 is 12.6. The van der Waals surface area contributed by atoms with Gasteiger partial charge in [0.05, 0.1) is 6.61 Å². The molecule has 0 heterocycles. The molecule has 31 heavy (non-hydrogen) atoms. The zero-order valence-electron chi connectivity index (χ0n) is 18.2. The third kappa shape index (κ3) is 7.75. The van der Waals surface area contributed by atoms with Crippen molar-refractivity contribution in [3.05, 3.63) is 64.1 Å². The van der Waals surface area contributed by atoms with Crippen molar-refractivity contribution < 1.29 is 14.3 Å². The molecule has 0 bridgehead atoms. The second-order valence-electron chi connectivity index (χ2n) is 7.48. The van der Waals surface area contributed by atoms with Gasteiger partial charge in [-0.05, 0) is 51.0 Å². The van der Waals surface area contributed by atoms with E-state index < -0.39 is 6.04 Å². The van der Waals surface area contributed by atoms with E-state index in [9.17, 15) is 9.59 Å². The maximum atomic E-state index is 13.1. The molecule has 0 aromatic heterocycles. The van der Waals surface area contributed by atoms with Crippen molar-refractivity contribution in [1.82, 2.24) is 10.2 Å². The van der Waals surface area contributed by atoms with Crippen LogP contribution in [0.2, 0.25) is 10.0 Å². The van der Waals surface area contributed by atoms with Crippen molar-refractivity contribution in [3.8, 4) is 5.75 Å². The van der Waals surface area contributed by atoms with Crippen molar-refractivity contribution in [3.63, 3.8) is 0 Å². The molecule has 0 spiro atoms. The van der Waals surface area contributed by atoms with E-state index in [1.165, 1.54) is 4.90 Å². The highest BCUT2D eigenvalue weighted by Crippen LogP contribution is 2.27. The first-order chi connectivity index (χ1) is 14.8. The number of hydrogen-bond donors (Lipinski definition) is 1. The Bertz CT molecular complexity index is 841. The van der Waals surface area contributed by atoms with Crippen LogP contribution >= 0.6 is 23.2 Å². The maximum Gasteiger partial charge on any atom is 0.242 e. The topological polar surface area (TPSA) is 58.6 Å². The fourth-order valence-corrected chi connectivity index (χ4v) is 3.49. The van der Waals surface area contributed by atoms with Crippen LogP contribution in [0.4, 0.5) is 0 Å². The summed E-state index contributed by atoms with van der Waals surface area (Å²) in [5.74, 6) is 0.404. The van der Waals surface area contributed by atoms with Gasteiger partial charge in [-0.1, -0.05) is 54.4 Å². The van der Waals surface area contributed by atoms with Crippen molar-refractivity contribution in [2.75, 3.05) is 6.61 Å². The van der Waals surface area contributed by atoms with Crippen LogP contribution in [0.1, 0.15) is 45.6 Å². The first-order valence-electron chi connectivity index (χ1n) is 10.5. The van der Waals surface area contributed by atoms with E-state index in [0.29, 0.717) is 28.6 Å². The Morgan fingerprint density at radius 1 is 1.03 bits per heavy atom. The first kappa shape index (κ1) is 25.0. The van der Waals surface area contributed by atoms with Gasteiger partial charge in [0.15, 0.2) is 0 Å². The van der Waals surface area contributed by atoms with Crippen molar-refractivity contribution in [2.24, 2.45) is 0 Å². The molecule has 0 saturated heterocycles.